The molecule has 1 saturated heterocycles. The molecule has 5 nitrogen and oxygen atoms in total. The zero-order valence-corrected chi connectivity index (χ0v) is 17.4. The summed E-state index contributed by atoms with van der Waals surface area (Å²) >= 11 is 1.44. The van der Waals surface area contributed by atoms with E-state index in [1.54, 1.807) is 25.2 Å². The quantitative estimate of drug-likeness (QED) is 0.713. The summed E-state index contributed by atoms with van der Waals surface area (Å²) in [5, 5.41) is -0.0417. The lowest BCUT2D eigenvalue weighted by Crippen LogP contribution is -2.27. The van der Waals surface area contributed by atoms with Crippen LogP contribution >= 0.6 is 11.8 Å². The van der Waals surface area contributed by atoms with E-state index < -0.39 is 15.7 Å². The summed E-state index contributed by atoms with van der Waals surface area (Å²) in [5.41, 5.74) is 1.18. The Morgan fingerprint density at radius 1 is 1.29 bits per heavy atom. The number of nitrogens with zero attached hydrogens (tertiary/aromatic N) is 1. The molecule has 0 unspecified atom stereocenters. The minimum absolute atomic E-state index is 0.0417. The Labute approximate surface area is 168 Å². The van der Waals surface area contributed by atoms with Crippen molar-refractivity contribution in [3.05, 3.63) is 59.4 Å². The Hall–Kier alpha value is -2.06. The first-order valence-electron chi connectivity index (χ1n) is 8.83. The first kappa shape index (κ1) is 20.7. The number of rotatable bonds is 6. The molecule has 8 heteroatoms. The number of methoxy groups -OCH3 is 1. The SMILES string of the molecule is COc1ccc(CN(C)C(=O)c2ccccc2S[C@@H]2CCS(=O)(=O)C2)cc1F. The lowest BCUT2D eigenvalue weighted by atomic mass is 10.1. The Balaban J connectivity index is 1.74. The lowest BCUT2D eigenvalue weighted by Gasteiger charge is -2.20. The van der Waals surface area contributed by atoms with E-state index in [4.69, 9.17) is 4.74 Å². The molecule has 0 aliphatic carbocycles. The maximum Gasteiger partial charge on any atom is 0.255 e. The molecule has 1 atom stereocenters. The van der Waals surface area contributed by atoms with Gasteiger partial charge in [0.2, 0.25) is 0 Å². The molecule has 1 heterocycles. The highest BCUT2D eigenvalue weighted by molar-refractivity contribution is 8.02. The van der Waals surface area contributed by atoms with Gasteiger partial charge in [0, 0.05) is 23.7 Å². The minimum Gasteiger partial charge on any atom is -0.494 e. The molecule has 3 rings (SSSR count). The first-order valence-corrected chi connectivity index (χ1v) is 11.5. The predicted molar refractivity (Wildman–Crippen MR) is 108 cm³/mol. The zero-order chi connectivity index (χ0) is 20.3. The van der Waals surface area contributed by atoms with E-state index in [2.05, 4.69) is 0 Å². The summed E-state index contributed by atoms with van der Waals surface area (Å²) in [7, 11) is 0.0819. The number of benzene rings is 2. The lowest BCUT2D eigenvalue weighted by molar-refractivity contribution is 0.0781. The van der Waals surface area contributed by atoms with Gasteiger partial charge in [-0.15, -0.1) is 11.8 Å². The zero-order valence-electron chi connectivity index (χ0n) is 15.7. The summed E-state index contributed by atoms with van der Waals surface area (Å²) in [6.07, 6.45) is 0.594. The van der Waals surface area contributed by atoms with Crippen LogP contribution in [0.25, 0.3) is 0 Å². The second kappa shape index (κ2) is 8.53. The summed E-state index contributed by atoms with van der Waals surface area (Å²) in [4.78, 5) is 15.2. The van der Waals surface area contributed by atoms with Crippen LogP contribution in [-0.2, 0) is 16.4 Å². The highest BCUT2D eigenvalue weighted by atomic mass is 32.2. The van der Waals surface area contributed by atoms with E-state index in [0.717, 1.165) is 4.90 Å². The van der Waals surface area contributed by atoms with Crippen LogP contribution in [0.5, 0.6) is 5.75 Å². The molecule has 1 aliphatic rings. The van der Waals surface area contributed by atoms with Gasteiger partial charge in [0.15, 0.2) is 21.4 Å². The van der Waals surface area contributed by atoms with E-state index in [1.807, 2.05) is 12.1 Å². The summed E-state index contributed by atoms with van der Waals surface area (Å²) in [6.45, 7) is 0.247. The first-order chi connectivity index (χ1) is 13.3. The van der Waals surface area contributed by atoms with Gasteiger partial charge in [0.05, 0.1) is 24.2 Å². The largest absolute Gasteiger partial charge is 0.494 e. The number of amides is 1. The highest BCUT2D eigenvalue weighted by Gasteiger charge is 2.29. The van der Waals surface area contributed by atoms with Crippen molar-refractivity contribution in [2.45, 2.75) is 23.1 Å². The maximum atomic E-state index is 13.9. The average molecular weight is 424 g/mol. The summed E-state index contributed by atoms with van der Waals surface area (Å²) in [6, 6.07) is 11.8. The summed E-state index contributed by atoms with van der Waals surface area (Å²) < 4.78 is 42.2. The van der Waals surface area contributed by atoms with E-state index in [9.17, 15) is 17.6 Å². The van der Waals surface area contributed by atoms with E-state index >= 15 is 0 Å². The molecule has 28 heavy (non-hydrogen) atoms. The van der Waals surface area contributed by atoms with E-state index in [-0.39, 0.29) is 35.0 Å². The van der Waals surface area contributed by atoms with Crippen molar-refractivity contribution in [2.75, 3.05) is 25.7 Å². The minimum atomic E-state index is -2.98. The van der Waals surface area contributed by atoms with E-state index in [0.29, 0.717) is 17.5 Å². The van der Waals surface area contributed by atoms with Crippen molar-refractivity contribution in [1.29, 1.82) is 0 Å². The maximum absolute atomic E-state index is 13.9. The molecule has 0 spiro atoms. The molecule has 0 aromatic heterocycles. The van der Waals surface area contributed by atoms with Gasteiger partial charge in [-0.3, -0.25) is 4.79 Å². The third kappa shape index (κ3) is 4.86. The molecule has 1 amide bonds. The van der Waals surface area contributed by atoms with Crippen molar-refractivity contribution in [3.8, 4) is 5.75 Å². The van der Waals surface area contributed by atoms with Crippen LogP contribution in [0, 0.1) is 5.82 Å². The fourth-order valence-corrected chi connectivity index (χ4v) is 6.76. The molecule has 2 aromatic rings. The van der Waals surface area contributed by atoms with Gasteiger partial charge < -0.3 is 9.64 Å². The molecule has 1 fully saturated rings. The average Bonchev–Trinajstić information content (AvgIpc) is 3.00. The van der Waals surface area contributed by atoms with Crippen molar-refractivity contribution in [3.63, 3.8) is 0 Å². The second-order valence-corrected chi connectivity index (χ2v) is 10.3. The second-order valence-electron chi connectivity index (χ2n) is 6.77. The number of carbonyl (C=O) groups excluding carboxylic acids is 1. The number of thioether (sulfide) groups is 1. The molecule has 0 bridgehead atoms. The molecule has 0 radical (unpaired) electrons. The number of carbonyl (C=O) groups is 1. The molecule has 2 aromatic carbocycles. The number of ether oxygens (including phenoxy) is 1. The number of sulfone groups is 1. The van der Waals surface area contributed by atoms with Crippen molar-refractivity contribution < 1.29 is 22.3 Å². The molecule has 0 saturated carbocycles. The van der Waals surface area contributed by atoms with E-state index in [1.165, 1.54) is 35.9 Å². The molecular weight excluding hydrogens is 401 g/mol. The fourth-order valence-electron chi connectivity index (χ4n) is 3.14. The number of hydrogen-bond acceptors (Lipinski definition) is 5. The van der Waals surface area contributed by atoms with Crippen LogP contribution in [0.3, 0.4) is 0 Å². The normalized spacial score (nSPS) is 18.0. The topological polar surface area (TPSA) is 63.7 Å². The Morgan fingerprint density at radius 3 is 2.68 bits per heavy atom. The van der Waals surface area contributed by atoms with Crippen molar-refractivity contribution in [2.24, 2.45) is 0 Å². The van der Waals surface area contributed by atoms with Gasteiger partial charge in [-0.25, -0.2) is 12.8 Å². The molecule has 0 N–H and O–H groups in total. The van der Waals surface area contributed by atoms with Gasteiger partial charge in [-0.05, 0) is 36.2 Å². The van der Waals surface area contributed by atoms with Crippen molar-refractivity contribution >= 4 is 27.5 Å². The standard InChI is InChI=1S/C20H22FNO4S2/c1-22(12-14-7-8-18(26-2)17(21)11-14)20(23)16-5-3-4-6-19(16)27-15-9-10-28(24,25)13-15/h3-8,11,15H,9-10,12-13H2,1-2H3/t15-/m1/s1. The third-order valence-electron chi connectivity index (χ3n) is 4.58. The van der Waals surface area contributed by atoms with Gasteiger partial charge in [-0.1, -0.05) is 18.2 Å². The third-order valence-corrected chi connectivity index (χ3v) is 7.91. The van der Waals surface area contributed by atoms with Crippen LogP contribution in [-0.4, -0.2) is 50.1 Å². The molecule has 150 valence electrons. The fraction of sp³-hybridized carbons (Fsp3) is 0.350. The highest BCUT2D eigenvalue weighted by Crippen LogP contribution is 2.33. The Kier molecular flexibility index (Phi) is 6.30. The van der Waals surface area contributed by atoms with Gasteiger partial charge in [-0.2, -0.15) is 0 Å². The molecule has 1 aliphatic heterocycles. The van der Waals surface area contributed by atoms with Crippen molar-refractivity contribution in [1.82, 2.24) is 4.90 Å². The number of hydrogen-bond donors (Lipinski definition) is 0. The predicted octanol–water partition coefficient (Wildman–Crippen LogP) is 3.39. The van der Waals surface area contributed by atoms with Crippen LogP contribution in [0.2, 0.25) is 0 Å². The Morgan fingerprint density at radius 2 is 2.04 bits per heavy atom. The smallest absolute Gasteiger partial charge is 0.255 e. The van der Waals surface area contributed by atoms with Crippen LogP contribution in [0.1, 0.15) is 22.3 Å². The molecular formula is C20H22FNO4S2. The Bertz CT molecular complexity index is 978. The van der Waals surface area contributed by atoms with Gasteiger partial charge in [0.25, 0.3) is 5.91 Å². The van der Waals surface area contributed by atoms with Crippen LogP contribution in [0.15, 0.2) is 47.4 Å². The number of halogens is 1. The van der Waals surface area contributed by atoms with Gasteiger partial charge in [0.1, 0.15) is 0 Å². The monoisotopic (exact) mass is 423 g/mol. The van der Waals surface area contributed by atoms with Gasteiger partial charge >= 0.3 is 0 Å². The van der Waals surface area contributed by atoms with Crippen LogP contribution in [0.4, 0.5) is 4.39 Å². The van der Waals surface area contributed by atoms with Crippen LogP contribution < -0.4 is 4.74 Å². The summed E-state index contributed by atoms with van der Waals surface area (Å²) in [5.74, 6) is -0.171.